The monoisotopic (exact) mass is 253 g/mol. The van der Waals surface area contributed by atoms with E-state index >= 15 is 0 Å². The van der Waals surface area contributed by atoms with Crippen LogP contribution < -0.4 is 4.74 Å². The van der Waals surface area contributed by atoms with Gasteiger partial charge in [0.1, 0.15) is 0 Å². The van der Waals surface area contributed by atoms with E-state index in [0.29, 0.717) is 13.1 Å². The Morgan fingerprint density at radius 3 is 2.83 bits per heavy atom. The molecule has 0 saturated carbocycles. The van der Waals surface area contributed by atoms with Crippen molar-refractivity contribution < 1.29 is 19.0 Å². The molecular formula is C13H16FNO3. The minimum Gasteiger partial charge on any atom is -0.478 e. The van der Waals surface area contributed by atoms with E-state index in [9.17, 15) is 9.18 Å². The molecule has 0 aromatic heterocycles. The molecule has 1 fully saturated rings. The van der Waals surface area contributed by atoms with Crippen molar-refractivity contribution in [3.63, 3.8) is 0 Å². The van der Waals surface area contributed by atoms with Crippen molar-refractivity contribution in [2.45, 2.75) is 13.0 Å². The van der Waals surface area contributed by atoms with Crippen LogP contribution in [0.2, 0.25) is 0 Å². The number of amides is 1. The van der Waals surface area contributed by atoms with Crippen LogP contribution >= 0.6 is 0 Å². The summed E-state index contributed by atoms with van der Waals surface area (Å²) in [6.07, 6.45) is -0.721. The van der Waals surface area contributed by atoms with E-state index in [2.05, 4.69) is 0 Å². The Kier molecular flexibility index (Phi) is 3.81. The first-order valence-electron chi connectivity index (χ1n) is 5.92. The maximum Gasteiger partial charge on any atom is 0.263 e. The minimum absolute atomic E-state index is 0.0811. The summed E-state index contributed by atoms with van der Waals surface area (Å²) < 4.78 is 18.6. The summed E-state index contributed by atoms with van der Waals surface area (Å²) in [6, 6.07) is 6.00. The normalized spacial score (nSPS) is 17.2. The highest BCUT2D eigenvalue weighted by atomic mass is 19.1. The highest BCUT2D eigenvalue weighted by Crippen LogP contribution is 2.20. The van der Waals surface area contributed by atoms with Gasteiger partial charge in [-0.05, 0) is 19.1 Å². The van der Waals surface area contributed by atoms with E-state index in [4.69, 9.17) is 9.84 Å². The molecule has 4 nitrogen and oxygen atoms in total. The first-order chi connectivity index (χ1) is 8.61. The van der Waals surface area contributed by atoms with Crippen molar-refractivity contribution in [2.24, 2.45) is 5.92 Å². The summed E-state index contributed by atoms with van der Waals surface area (Å²) in [5.41, 5.74) is 0. The molecule has 1 heterocycles. The molecule has 0 spiro atoms. The standard InChI is InChI=1S/C13H16FNO3/c1-9(13(17)15-6-10(7-15)8-16)18-12-5-3-2-4-11(12)14/h2-5,9-10,16H,6-8H2,1H3. The van der Waals surface area contributed by atoms with Gasteiger partial charge in [0.25, 0.3) is 5.91 Å². The van der Waals surface area contributed by atoms with Crippen LogP contribution in [0, 0.1) is 11.7 Å². The van der Waals surface area contributed by atoms with Crippen molar-refractivity contribution >= 4 is 5.91 Å². The molecule has 98 valence electrons. The highest BCUT2D eigenvalue weighted by molar-refractivity contribution is 5.81. The number of carbonyl (C=O) groups excluding carboxylic acids is 1. The van der Waals surface area contributed by atoms with Crippen molar-refractivity contribution in [2.75, 3.05) is 19.7 Å². The summed E-state index contributed by atoms with van der Waals surface area (Å²) >= 11 is 0. The SMILES string of the molecule is CC(Oc1ccccc1F)C(=O)N1CC(CO)C1. The van der Waals surface area contributed by atoms with E-state index in [1.165, 1.54) is 12.1 Å². The third-order valence-corrected chi connectivity index (χ3v) is 3.02. The molecular weight excluding hydrogens is 237 g/mol. The molecule has 1 unspecified atom stereocenters. The number of ether oxygens (including phenoxy) is 1. The smallest absolute Gasteiger partial charge is 0.263 e. The number of likely N-dealkylation sites (tertiary alicyclic amines) is 1. The predicted molar refractivity (Wildman–Crippen MR) is 63.6 cm³/mol. The van der Waals surface area contributed by atoms with E-state index in [1.54, 1.807) is 24.0 Å². The van der Waals surface area contributed by atoms with Gasteiger partial charge in [0.2, 0.25) is 0 Å². The molecule has 18 heavy (non-hydrogen) atoms. The summed E-state index contributed by atoms with van der Waals surface area (Å²) in [4.78, 5) is 13.5. The maximum absolute atomic E-state index is 13.3. The Balaban J connectivity index is 1.90. The summed E-state index contributed by atoms with van der Waals surface area (Å²) in [7, 11) is 0. The Bertz CT molecular complexity index is 432. The number of hydrogen-bond donors (Lipinski definition) is 1. The number of benzene rings is 1. The summed E-state index contributed by atoms with van der Waals surface area (Å²) in [6.45, 7) is 2.77. The van der Waals surface area contributed by atoms with E-state index in [0.717, 1.165) is 0 Å². The number of carbonyl (C=O) groups is 1. The minimum atomic E-state index is -0.721. The molecule has 1 aromatic carbocycles. The quantitative estimate of drug-likeness (QED) is 0.872. The van der Waals surface area contributed by atoms with Crippen LogP contribution in [0.5, 0.6) is 5.75 Å². The van der Waals surface area contributed by atoms with Gasteiger partial charge in [-0.3, -0.25) is 4.79 Å². The molecule has 1 atom stereocenters. The van der Waals surface area contributed by atoms with Gasteiger partial charge in [-0.2, -0.15) is 0 Å². The van der Waals surface area contributed by atoms with Gasteiger partial charge in [-0.25, -0.2) is 4.39 Å². The highest BCUT2D eigenvalue weighted by Gasteiger charge is 2.33. The molecule has 1 N–H and O–H groups in total. The average molecular weight is 253 g/mol. The zero-order valence-electron chi connectivity index (χ0n) is 10.2. The average Bonchev–Trinajstić information content (AvgIpc) is 2.30. The number of para-hydroxylation sites is 1. The van der Waals surface area contributed by atoms with Crippen molar-refractivity contribution in [1.29, 1.82) is 0 Å². The van der Waals surface area contributed by atoms with Gasteiger partial charge in [0.15, 0.2) is 17.7 Å². The van der Waals surface area contributed by atoms with Crippen LogP contribution in [0.4, 0.5) is 4.39 Å². The van der Waals surface area contributed by atoms with Crippen molar-refractivity contribution in [1.82, 2.24) is 4.90 Å². The largest absolute Gasteiger partial charge is 0.478 e. The van der Waals surface area contributed by atoms with Crippen molar-refractivity contribution in [3.05, 3.63) is 30.1 Å². The number of aliphatic hydroxyl groups is 1. The number of halogens is 1. The van der Waals surface area contributed by atoms with Gasteiger partial charge in [0.05, 0.1) is 0 Å². The molecule has 1 aliphatic rings. The third kappa shape index (κ3) is 2.61. The molecule has 0 bridgehead atoms. The van der Waals surface area contributed by atoms with Gasteiger partial charge in [0, 0.05) is 25.6 Å². The number of nitrogens with zero attached hydrogens (tertiary/aromatic N) is 1. The van der Waals surface area contributed by atoms with Gasteiger partial charge in [-0.1, -0.05) is 12.1 Å². The zero-order chi connectivity index (χ0) is 13.1. The zero-order valence-corrected chi connectivity index (χ0v) is 10.2. The Labute approximate surface area is 105 Å². The third-order valence-electron chi connectivity index (χ3n) is 3.02. The fourth-order valence-electron chi connectivity index (χ4n) is 1.90. The lowest BCUT2D eigenvalue weighted by Crippen LogP contribution is -2.54. The molecule has 1 amide bonds. The van der Waals surface area contributed by atoms with Crippen molar-refractivity contribution in [3.8, 4) is 5.75 Å². The Morgan fingerprint density at radius 1 is 1.56 bits per heavy atom. The van der Waals surface area contributed by atoms with Crippen LogP contribution in [0.25, 0.3) is 0 Å². The van der Waals surface area contributed by atoms with E-state index in [-0.39, 0.29) is 24.2 Å². The fourth-order valence-corrected chi connectivity index (χ4v) is 1.90. The van der Waals surface area contributed by atoms with Crippen LogP contribution in [-0.4, -0.2) is 41.7 Å². The maximum atomic E-state index is 13.3. The first kappa shape index (κ1) is 12.8. The molecule has 1 aliphatic heterocycles. The van der Waals surface area contributed by atoms with E-state index < -0.39 is 11.9 Å². The summed E-state index contributed by atoms with van der Waals surface area (Å²) in [5, 5.41) is 8.88. The Morgan fingerprint density at radius 2 is 2.22 bits per heavy atom. The fraction of sp³-hybridized carbons (Fsp3) is 0.462. The Hall–Kier alpha value is -1.62. The van der Waals surface area contributed by atoms with E-state index in [1.807, 2.05) is 0 Å². The van der Waals surface area contributed by atoms with Crippen LogP contribution in [0.3, 0.4) is 0 Å². The lowest BCUT2D eigenvalue weighted by molar-refractivity contribution is -0.145. The number of rotatable bonds is 4. The second-order valence-corrected chi connectivity index (χ2v) is 4.48. The lowest BCUT2D eigenvalue weighted by Gasteiger charge is -2.39. The van der Waals surface area contributed by atoms with Gasteiger partial charge < -0.3 is 14.7 Å². The van der Waals surface area contributed by atoms with Crippen LogP contribution in [0.15, 0.2) is 24.3 Å². The second-order valence-electron chi connectivity index (χ2n) is 4.48. The second kappa shape index (κ2) is 5.35. The van der Waals surface area contributed by atoms with Gasteiger partial charge in [-0.15, -0.1) is 0 Å². The number of aliphatic hydroxyl groups excluding tert-OH is 1. The topological polar surface area (TPSA) is 49.8 Å². The lowest BCUT2D eigenvalue weighted by atomic mass is 10.0. The molecule has 1 aromatic rings. The predicted octanol–water partition coefficient (Wildman–Crippen LogP) is 1.04. The molecule has 0 aliphatic carbocycles. The van der Waals surface area contributed by atoms with Gasteiger partial charge >= 0.3 is 0 Å². The molecule has 5 heteroatoms. The first-order valence-corrected chi connectivity index (χ1v) is 5.92. The molecule has 0 radical (unpaired) electrons. The van der Waals surface area contributed by atoms with Crippen LogP contribution in [0.1, 0.15) is 6.92 Å². The molecule has 1 saturated heterocycles. The molecule has 2 rings (SSSR count). The van der Waals surface area contributed by atoms with Crippen LogP contribution in [-0.2, 0) is 4.79 Å². The summed E-state index contributed by atoms with van der Waals surface area (Å²) in [5.74, 6) is -0.413. The number of hydrogen-bond acceptors (Lipinski definition) is 3.